The third-order valence-electron chi connectivity index (χ3n) is 4.10. The third-order valence-corrected chi connectivity index (χ3v) is 4.10. The van der Waals surface area contributed by atoms with E-state index in [0.717, 1.165) is 31.5 Å². The Hall–Kier alpha value is -2.12. The molecule has 0 saturated carbocycles. The Morgan fingerprint density at radius 1 is 1.29 bits per heavy atom. The molecule has 0 spiro atoms. The van der Waals surface area contributed by atoms with E-state index >= 15 is 0 Å². The van der Waals surface area contributed by atoms with Crippen molar-refractivity contribution in [1.29, 1.82) is 0 Å². The normalized spacial score (nSPS) is 15.5. The number of rotatable bonds is 6. The molecule has 0 aliphatic carbocycles. The number of hydrogen-bond acceptors (Lipinski definition) is 5. The number of carbonyl (C=O) groups is 2. The highest BCUT2D eigenvalue weighted by molar-refractivity contribution is 5.84. The van der Waals surface area contributed by atoms with E-state index in [1.165, 1.54) is 11.8 Å². The molecule has 1 amide bonds. The van der Waals surface area contributed by atoms with Crippen LogP contribution in [0.25, 0.3) is 0 Å². The van der Waals surface area contributed by atoms with Crippen molar-refractivity contribution in [2.24, 2.45) is 5.92 Å². The molecular formula is C16H26N4O4. The van der Waals surface area contributed by atoms with Crippen molar-refractivity contribution >= 4 is 11.9 Å². The van der Waals surface area contributed by atoms with Gasteiger partial charge in [0.15, 0.2) is 0 Å². The molecular weight excluding hydrogens is 312 g/mol. The summed E-state index contributed by atoms with van der Waals surface area (Å²) in [7, 11) is 1.29. The lowest BCUT2D eigenvalue weighted by Gasteiger charge is -2.18. The lowest BCUT2D eigenvalue weighted by molar-refractivity contribution is -0.145. The van der Waals surface area contributed by atoms with Gasteiger partial charge in [0.05, 0.1) is 7.11 Å². The summed E-state index contributed by atoms with van der Waals surface area (Å²) < 4.78 is 7.55. The molecule has 0 radical (unpaired) electrons. The number of esters is 1. The predicted octanol–water partition coefficient (Wildman–Crippen LogP) is 0.475. The van der Waals surface area contributed by atoms with Gasteiger partial charge in [0.2, 0.25) is 5.91 Å². The molecule has 0 aromatic carbocycles. The predicted molar refractivity (Wildman–Crippen MR) is 87.4 cm³/mol. The number of aryl methyl sites for hydroxylation is 1. The number of ether oxygens (including phenoxy) is 1. The third kappa shape index (κ3) is 4.46. The van der Waals surface area contributed by atoms with E-state index in [2.05, 4.69) is 10.4 Å². The number of amides is 1. The van der Waals surface area contributed by atoms with Gasteiger partial charge in [-0.25, -0.2) is 14.3 Å². The molecule has 1 N–H and O–H groups in total. The van der Waals surface area contributed by atoms with Gasteiger partial charge in [-0.15, -0.1) is 0 Å². The number of hydrogen-bond donors (Lipinski definition) is 1. The first kappa shape index (κ1) is 18.2. The summed E-state index contributed by atoms with van der Waals surface area (Å²) >= 11 is 0. The minimum atomic E-state index is -0.710. The Bertz CT molecular complexity index is 647. The minimum Gasteiger partial charge on any atom is -0.467 e. The van der Waals surface area contributed by atoms with Crippen molar-refractivity contribution < 1.29 is 14.3 Å². The number of carbonyl (C=O) groups excluding carboxylic acids is 2. The Morgan fingerprint density at radius 2 is 2.04 bits per heavy atom. The van der Waals surface area contributed by atoms with Crippen LogP contribution in [0.2, 0.25) is 0 Å². The molecule has 8 nitrogen and oxygen atoms in total. The van der Waals surface area contributed by atoms with Gasteiger partial charge < -0.3 is 10.1 Å². The smallest absolute Gasteiger partial charge is 0.346 e. The minimum absolute atomic E-state index is 0.190. The Kier molecular flexibility index (Phi) is 6.16. The van der Waals surface area contributed by atoms with E-state index in [1.54, 1.807) is 4.57 Å². The fraction of sp³-hybridized carbons (Fsp3) is 0.750. The topological polar surface area (TPSA) is 95.2 Å². The van der Waals surface area contributed by atoms with E-state index in [0.29, 0.717) is 13.0 Å². The van der Waals surface area contributed by atoms with Gasteiger partial charge in [-0.1, -0.05) is 20.3 Å². The van der Waals surface area contributed by atoms with Gasteiger partial charge in [-0.2, -0.15) is 5.10 Å². The van der Waals surface area contributed by atoms with Gasteiger partial charge in [0.25, 0.3) is 0 Å². The SMILES string of the molecule is COC(=O)C(CC(C)C)NC(=O)Cn1nc2n(c1=O)CCCCC2. The number of nitrogens with one attached hydrogen (secondary N) is 1. The van der Waals surface area contributed by atoms with Crippen LogP contribution >= 0.6 is 0 Å². The summed E-state index contributed by atoms with van der Waals surface area (Å²) in [5, 5.41) is 6.92. The van der Waals surface area contributed by atoms with Gasteiger partial charge >= 0.3 is 11.7 Å². The largest absolute Gasteiger partial charge is 0.467 e. The Balaban J connectivity index is 2.06. The summed E-state index contributed by atoms with van der Waals surface area (Å²) in [5.74, 6) is 0.0595. The molecule has 24 heavy (non-hydrogen) atoms. The average molecular weight is 338 g/mol. The van der Waals surface area contributed by atoms with Crippen LogP contribution in [0.15, 0.2) is 4.79 Å². The maximum Gasteiger partial charge on any atom is 0.346 e. The summed E-state index contributed by atoms with van der Waals surface area (Å²) in [6, 6.07) is -0.710. The van der Waals surface area contributed by atoms with Crippen LogP contribution in [0.1, 0.15) is 45.4 Å². The molecule has 0 bridgehead atoms. The van der Waals surface area contributed by atoms with Crippen molar-refractivity contribution in [2.45, 2.75) is 65.1 Å². The first-order valence-electron chi connectivity index (χ1n) is 8.46. The van der Waals surface area contributed by atoms with Crippen molar-refractivity contribution in [3.05, 3.63) is 16.3 Å². The molecule has 0 fully saturated rings. The van der Waals surface area contributed by atoms with Crippen LogP contribution in [0.3, 0.4) is 0 Å². The monoisotopic (exact) mass is 338 g/mol. The molecule has 1 unspecified atom stereocenters. The molecule has 1 atom stereocenters. The summed E-state index contributed by atoms with van der Waals surface area (Å²) in [6.07, 6.45) is 4.26. The lowest BCUT2D eigenvalue weighted by atomic mass is 10.0. The molecule has 0 saturated heterocycles. The van der Waals surface area contributed by atoms with Crippen LogP contribution < -0.4 is 11.0 Å². The van der Waals surface area contributed by atoms with Gasteiger partial charge in [0, 0.05) is 13.0 Å². The van der Waals surface area contributed by atoms with E-state index in [4.69, 9.17) is 4.74 Å². The van der Waals surface area contributed by atoms with Crippen LogP contribution in [0.4, 0.5) is 0 Å². The molecule has 134 valence electrons. The fourth-order valence-electron chi connectivity index (χ4n) is 2.93. The molecule has 1 aromatic rings. The summed E-state index contributed by atoms with van der Waals surface area (Å²) in [5.41, 5.74) is -0.263. The van der Waals surface area contributed by atoms with Crippen molar-refractivity contribution in [1.82, 2.24) is 19.7 Å². The van der Waals surface area contributed by atoms with Crippen LogP contribution in [0.5, 0.6) is 0 Å². The zero-order valence-corrected chi connectivity index (χ0v) is 14.6. The van der Waals surface area contributed by atoms with Gasteiger partial charge in [0.1, 0.15) is 18.4 Å². The Morgan fingerprint density at radius 3 is 2.71 bits per heavy atom. The van der Waals surface area contributed by atoms with Crippen LogP contribution in [-0.2, 0) is 33.8 Å². The number of fused-ring (bicyclic) bond motifs is 1. The van der Waals surface area contributed by atoms with Crippen molar-refractivity contribution in [3.63, 3.8) is 0 Å². The van der Waals surface area contributed by atoms with Gasteiger partial charge in [-0.3, -0.25) is 9.36 Å². The molecule has 1 aliphatic rings. The highest BCUT2D eigenvalue weighted by atomic mass is 16.5. The summed E-state index contributed by atoms with van der Waals surface area (Å²) in [6.45, 7) is 4.37. The first-order valence-corrected chi connectivity index (χ1v) is 8.46. The maximum atomic E-state index is 12.3. The Labute approximate surface area is 141 Å². The molecule has 2 rings (SSSR count). The van der Waals surface area contributed by atoms with Crippen LogP contribution in [0, 0.1) is 5.92 Å². The van der Waals surface area contributed by atoms with E-state index in [9.17, 15) is 14.4 Å². The average Bonchev–Trinajstić information content (AvgIpc) is 2.70. The highest BCUT2D eigenvalue weighted by Crippen LogP contribution is 2.10. The fourth-order valence-corrected chi connectivity index (χ4v) is 2.93. The quantitative estimate of drug-likeness (QED) is 0.761. The zero-order chi connectivity index (χ0) is 17.7. The van der Waals surface area contributed by atoms with Crippen LogP contribution in [-0.4, -0.2) is 39.4 Å². The molecule has 1 aromatic heterocycles. The molecule has 1 aliphatic heterocycles. The van der Waals surface area contributed by atoms with Gasteiger partial charge in [-0.05, 0) is 25.2 Å². The second-order valence-corrected chi connectivity index (χ2v) is 6.59. The van der Waals surface area contributed by atoms with E-state index < -0.39 is 17.9 Å². The second kappa shape index (κ2) is 8.12. The van der Waals surface area contributed by atoms with Crippen molar-refractivity contribution in [2.75, 3.05) is 7.11 Å². The first-order chi connectivity index (χ1) is 11.4. The van der Waals surface area contributed by atoms with E-state index in [1.807, 2.05) is 13.8 Å². The molecule has 8 heteroatoms. The summed E-state index contributed by atoms with van der Waals surface area (Å²) in [4.78, 5) is 36.4. The second-order valence-electron chi connectivity index (χ2n) is 6.59. The van der Waals surface area contributed by atoms with E-state index in [-0.39, 0.29) is 18.2 Å². The number of methoxy groups -OCH3 is 1. The highest BCUT2D eigenvalue weighted by Gasteiger charge is 2.24. The van der Waals surface area contributed by atoms with Crippen molar-refractivity contribution in [3.8, 4) is 0 Å². The zero-order valence-electron chi connectivity index (χ0n) is 14.6. The standard InChI is InChI=1S/C16H26N4O4/c1-11(2)9-12(15(22)24-3)17-14(21)10-20-16(23)19-8-6-4-5-7-13(19)18-20/h11-12H,4-10H2,1-3H3,(H,17,21). The lowest BCUT2D eigenvalue weighted by Crippen LogP contribution is -2.44. The number of nitrogens with zero attached hydrogens (tertiary/aromatic N) is 3. The number of aromatic nitrogens is 3. The maximum absolute atomic E-state index is 12.3. The molecule has 2 heterocycles.